The van der Waals surface area contributed by atoms with Gasteiger partial charge in [-0.3, -0.25) is 0 Å². The van der Waals surface area contributed by atoms with Gasteiger partial charge in [0.1, 0.15) is 11.1 Å². The Bertz CT molecular complexity index is 771. The van der Waals surface area contributed by atoms with E-state index in [1.54, 1.807) is 0 Å². The van der Waals surface area contributed by atoms with Crippen molar-refractivity contribution in [3.05, 3.63) is 83.9 Å². The van der Waals surface area contributed by atoms with Gasteiger partial charge in [-0.05, 0) is 29.4 Å². The van der Waals surface area contributed by atoms with E-state index in [1.165, 1.54) is 17.5 Å². The Balaban J connectivity index is 1.60. The summed E-state index contributed by atoms with van der Waals surface area (Å²) in [6.07, 6.45) is 6.04. The maximum Gasteiger partial charge on any atom is 0.116 e. The van der Waals surface area contributed by atoms with Crippen molar-refractivity contribution in [3.63, 3.8) is 0 Å². The highest BCUT2D eigenvalue weighted by Crippen LogP contribution is 2.77. The molecule has 0 radical (unpaired) electrons. The fraction of sp³-hybridized carbons (Fsp3) is 0.333. The molecule has 2 saturated carbocycles. The van der Waals surface area contributed by atoms with Crippen molar-refractivity contribution in [1.82, 2.24) is 0 Å². The van der Waals surface area contributed by atoms with Gasteiger partial charge in [0.15, 0.2) is 0 Å². The summed E-state index contributed by atoms with van der Waals surface area (Å²) in [5.41, 5.74) is 2.53. The minimum absolute atomic E-state index is 0.0954. The normalized spacial score (nSPS) is 44.3. The van der Waals surface area contributed by atoms with Crippen molar-refractivity contribution in [2.24, 2.45) is 33.9 Å². The Morgan fingerprint density at radius 1 is 0.652 bits per heavy atom. The van der Waals surface area contributed by atoms with E-state index in [0.717, 1.165) is 0 Å². The summed E-state index contributed by atoms with van der Waals surface area (Å²) in [6, 6.07) is 21.7. The lowest BCUT2D eigenvalue weighted by Gasteiger charge is -2.58. The van der Waals surface area contributed by atoms with E-state index in [2.05, 4.69) is 72.8 Å². The van der Waals surface area contributed by atoms with E-state index in [9.17, 15) is 0 Å². The second-order valence-corrected chi connectivity index (χ2v) is 7.47. The monoisotopic (exact) mass is 298 g/mol. The zero-order valence-corrected chi connectivity index (χ0v) is 12.8. The summed E-state index contributed by atoms with van der Waals surface area (Å²) in [6.45, 7) is 0. The number of benzene rings is 2. The number of azo groups is 1. The first kappa shape index (κ1) is 12.2. The third-order valence-electron chi connectivity index (χ3n) is 6.70. The molecule has 0 unspecified atom stereocenters. The van der Waals surface area contributed by atoms with Crippen molar-refractivity contribution in [3.8, 4) is 0 Å². The molecule has 0 N–H and O–H groups in total. The molecule has 3 aliphatic carbocycles. The maximum atomic E-state index is 5.03. The number of rotatable bonds is 2. The van der Waals surface area contributed by atoms with Crippen LogP contribution in [0.15, 0.2) is 83.0 Å². The van der Waals surface area contributed by atoms with Crippen LogP contribution in [0.5, 0.6) is 0 Å². The van der Waals surface area contributed by atoms with Gasteiger partial charge >= 0.3 is 0 Å². The Morgan fingerprint density at radius 2 is 1.09 bits per heavy atom. The molecule has 2 aromatic carbocycles. The summed E-state index contributed by atoms with van der Waals surface area (Å²) >= 11 is 0. The molecule has 23 heavy (non-hydrogen) atoms. The summed E-state index contributed by atoms with van der Waals surface area (Å²) in [5.74, 6) is 2.31. The fourth-order valence-electron chi connectivity index (χ4n) is 5.62. The first-order valence-electron chi connectivity index (χ1n) is 8.61. The number of hydrogen-bond donors (Lipinski definition) is 0. The lowest BCUT2D eigenvalue weighted by Crippen LogP contribution is -2.58. The molecule has 0 amide bonds. The van der Waals surface area contributed by atoms with Crippen LogP contribution in [0, 0.1) is 23.7 Å². The number of hydrogen-bond acceptors (Lipinski definition) is 2. The second-order valence-electron chi connectivity index (χ2n) is 7.47. The maximum absolute atomic E-state index is 5.03. The van der Waals surface area contributed by atoms with Gasteiger partial charge in [-0.1, -0.05) is 72.8 Å². The minimum atomic E-state index is -0.0954. The zero-order chi connectivity index (χ0) is 15.1. The minimum Gasteiger partial charge on any atom is -0.181 e. The Hall–Kier alpha value is -2.22. The molecule has 2 heteroatoms. The van der Waals surface area contributed by atoms with Crippen LogP contribution in [-0.2, 0) is 11.1 Å². The first-order chi connectivity index (χ1) is 11.4. The molecule has 7 rings (SSSR count). The molecule has 5 aliphatic rings. The van der Waals surface area contributed by atoms with Gasteiger partial charge in [0.25, 0.3) is 0 Å². The third kappa shape index (κ3) is 1.21. The average Bonchev–Trinajstić information content (AvgIpc) is 3.39. The molecule has 2 nitrogen and oxygen atoms in total. The zero-order valence-electron chi connectivity index (χ0n) is 12.8. The summed E-state index contributed by atoms with van der Waals surface area (Å²) in [4.78, 5) is 0. The van der Waals surface area contributed by atoms with Crippen LogP contribution in [0.1, 0.15) is 17.5 Å². The lowest BCUT2D eigenvalue weighted by atomic mass is 9.51. The van der Waals surface area contributed by atoms with Gasteiger partial charge in [-0.2, -0.15) is 10.2 Å². The molecule has 0 aromatic heterocycles. The third-order valence-corrected chi connectivity index (χ3v) is 6.70. The van der Waals surface area contributed by atoms with Crippen molar-refractivity contribution in [1.29, 1.82) is 0 Å². The first-order valence-corrected chi connectivity index (χ1v) is 8.61. The average molecular weight is 298 g/mol. The van der Waals surface area contributed by atoms with Crippen LogP contribution < -0.4 is 0 Å². The van der Waals surface area contributed by atoms with Gasteiger partial charge in [-0.25, -0.2) is 0 Å². The fourth-order valence-corrected chi connectivity index (χ4v) is 5.62. The van der Waals surface area contributed by atoms with Gasteiger partial charge in [0, 0.05) is 11.8 Å². The largest absolute Gasteiger partial charge is 0.181 e. The Morgan fingerprint density at radius 3 is 1.48 bits per heavy atom. The van der Waals surface area contributed by atoms with Crippen molar-refractivity contribution in [2.45, 2.75) is 17.5 Å². The topological polar surface area (TPSA) is 24.7 Å². The molecule has 112 valence electrons. The Kier molecular flexibility index (Phi) is 2.03. The van der Waals surface area contributed by atoms with Crippen LogP contribution in [0.25, 0.3) is 0 Å². The highest BCUT2D eigenvalue weighted by molar-refractivity contribution is 5.47. The molecule has 2 heterocycles. The molecule has 6 atom stereocenters. The molecule has 2 fully saturated rings. The molecular weight excluding hydrogens is 280 g/mol. The molecule has 0 saturated heterocycles. The second kappa shape index (κ2) is 3.81. The highest BCUT2D eigenvalue weighted by Gasteiger charge is 2.77. The van der Waals surface area contributed by atoms with Crippen molar-refractivity contribution in [2.75, 3.05) is 0 Å². The van der Waals surface area contributed by atoms with Crippen LogP contribution in [0.3, 0.4) is 0 Å². The van der Waals surface area contributed by atoms with E-state index in [4.69, 9.17) is 10.2 Å². The van der Waals surface area contributed by atoms with Gasteiger partial charge in [0.05, 0.1) is 0 Å². The van der Waals surface area contributed by atoms with E-state index in [-0.39, 0.29) is 11.1 Å². The van der Waals surface area contributed by atoms with Crippen LogP contribution >= 0.6 is 0 Å². The predicted octanol–water partition coefficient (Wildman–Crippen LogP) is 4.70. The molecular formula is C21H18N2. The standard InChI is InChI=1S/C21H18N2/c1-3-7-14(8-4-1)20-16-11-12-17(16)21(23-22-20,19-13-18(19)20)15-9-5-2-6-10-15/h1-12,16-19H,13H2/t16-,17-,18+,19+,20-,21-/m1/s1. The number of nitrogens with zero attached hydrogens (tertiary/aromatic N) is 2. The SMILES string of the molecule is C1=C[C@@H]2[C@@H]1[C@@]1(c3ccccc3)N=N[C@@]2(c2ccccc2)[C@H]2C[C@@H]21. The summed E-state index contributed by atoms with van der Waals surface area (Å²) in [7, 11) is 0. The van der Waals surface area contributed by atoms with E-state index >= 15 is 0 Å². The summed E-state index contributed by atoms with van der Waals surface area (Å²) < 4.78 is 0. The molecule has 2 bridgehead atoms. The van der Waals surface area contributed by atoms with Gasteiger partial charge in [-0.15, -0.1) is 0 Å². The Labute approximate surface area is 136 Å². The van der Waals surface area contributed by atoms with Crippen LogP contribution in [0.4, 0.5) is 0 Å². The lowest BCUT2D eigenvalue weighted by molar-refractivity contribution is 0.0165. The van der Waals surface area contributed by atoms with Crippen molar-refractivity contribution < 1.29 is 0 Å². The van der Waals surface area contributed by atoms with Crippen molar-refractivity contribution >= 4 is 0 Å². The summed E-state index contributed by atoms with van der Waals surface area (Å²) in [5, 5.41) is 10.1. The molecule has 2 aliphatic heterocycles. The van der Waals surface area contributed by atoms with Gasteiger partial charge < -0.3 is 0 Å². The van der Waals surface area contributed by atoms with Crippen LogP contribution in [-0.4, -0.2) is 0 Å². The highest BCUT2D eigenvalue weighted by atomic mass is 15.3. The van der Waals surface area contributed by atoms with E-state index < -0.39 is 0 Å². The quantitative estimate of drug-likeness (QED) is 0.718. The van der Waals surface area contributed by atoms with Gasteiger partial charge in [0.2, 0.25) is 0 Å². The molecule has 2 aromatic rings. The van der Waals surface area contributed by atoms with E-state index in [1.807, 2.05) is 0 Å². The predicted molar refractivity (Wildman–Crippen MR) is 88.8 cm³/mol. The smallest absolute Gasteiger partial charge is 0.116 e. The van der Waals surface area contributed by atoms with E-state index in [0.29, 0.717) is 23.7 Å². The molecule has 0 spiro atoms. The van der Waals surface area contributed by atoms with Crippen LogP contribution in [0.2, 0.25) is 0 Å².